The first kappa shape index (κ1) is 13.1. The van der Waals surface area contributed by atoms with E-state index in [0.29, 0.717) is 12.0 Å². The highest BCUT2D eigenvalue weighted by Gasteiger charge is 2.22. The molecule has 3 nitrogen and oxygen atoms in total. The predicted molar refractivity (Wildman–Crippen MR) is 79.7 cm³/mol. The van der Waals surface area contributed by atoms with E-state index in [0.717, 1.165) is 30.0 Å². The van der Waals surface area contributed by atoms with E-state index in [4.69, 9.17) is 0 Å². The molecular weight excluding hydrogens is 250 g/mol. The van der Waals surface area contributed by atoms with Gasteiger partial charge in [-0.05, 0) is 42.5 Å². The van der Waals surface area contributed by atoms with Gasteiger partial charge in [-0.25, -0.2) is 0 Å². The fourth-order valence-corrected chi connectivity index (χ4v) is 2.98. The normalized spacial score (nSPS) is 22.6. The van der Waals surface area contributed by atoms with Crippen molar-refractivity contribution in [2.45, 2.75) is 37.8 Å². The average molecular weight is 269 g/mol. The second-order valence-electron chi connectivity index (χ2n) is 5.52. The Morgan fingerprint density at radius 3 is 2.75 bits per heavy atom. The van der Waals surface area contributed by atoms with Crippen molar-refractivity contribution in [3.05, 3.63) is 48.0 Å². The summed E-state index contributed by atoms with van der Waals surface area (Å²) in [7, 11) is 0. The third kappa shape index (κ3) is 2.68. The zero-order valence-electron chi connectivity index (χ0n) is 11.4. The summed E-state index contributed by atoms with van der Waals surface area (Å²) in [4.78, 5) is 12.4. The average Bonchev–Trinajstić information content (AvgIpc) is 2.46. The smallest absolute Gasteiger partial charge is 0.252 e. The van der Waals surface area contributed by atoms with Crippen molar-refractivity contribution in [2.75, 3.05) is 0 Å². The molecule has 1 fully saturated rings. The van der Waals surface area contributed by atoms with Crippen molar-refractivity contribution in [3.8, 4) is 0 Å². The first-order valence-electron chi connectivity index (χ1n) is 7.21. The minimum Gasteiger partial charge on any atom is -0.393 e. The molecule has 2 aromatic rings. The summed E-state index contributed by atoms with van der Waals surface area (Å²) in [6.07, 6.45) is 3.16. The van der Waals surface area contributed by atoms with Gasteiger partial charge < -0.3 is 10.4 Å². The third-order valence-electron chi connectivity index (χ3n) is 4.02. The molecule has 0 heterocycles. The summed E-state index contributed by atoms with van der Waals surface area (Å²) in [5.41, 5.74) is 0.711. The molecule has 0 radical (unpaired) electrons. The van der Waals surface area contributed by atoms with E-state index in [2.05, 4.69) is 5.32 Å². The molecule has 3 heteroatoms. The lowest BCUT2D eigenvalue weighted by atomic mass is 9.92. The standard InChI is InChI=1S/C17H19NO2/c19-14-8-4-7-13(11-14)18-17(20)16-10-3-6-12-5-1-2-9-15(12)16/h1-3,5-6,9-10,13-14,19H,4,7-8,11H2,(H,18,20)/t13-,14-/m1/s1. The molecule has 2 aromatic carbocycles. The molecule has 0 spiro atoms. The minimum absolute atomic E-state index is 0.0408. The van der Waals surface area contributed by atoms with Gasteiger partial charge in [0.25, 0.3) is 5.91 Å². The molecule has 0 aliphatic heterocycles. The van der Waals surface area contributed by atoms with E-state index in [-0.39, 0.29) is 18.1 Å². The summed E-state index contributed by atoms with van der Waals surface area (Å²) in [5.74, 6) is -0.0408. The lowest BCUT2D eigenvalue weighted by molar-refractivity contribution is 0.0851. The van der Waals surface area contributed by atoms with Crippen LogP contribution in [0.3, 0.4) is 0 Å². The van der Waals surface area contributed by atoms with Crippen molar-refractivity contribution < 1.29 is 9.90 Å². The van der Waals surface area contributed by atoms with Crippen LogP contribution >= 0.6 is 0 Å². The maximum Gasteiger partial charge on any atom is 0.252 e. The van der Waals surface area contributed by atoms with Crippen molar-refractivity contribution >= 4 is 16.7 Å². The van der Waals surface area contributed by atoms with Crippen LogP contribution in [0.15, 0.2) is 42.5 Å². The molecule has 20 heavy (non-hydrogen) atoms. The van der Waals surface area contributed by atoms with Crippen molar-refractivity contribution in [3.63, 3.8) is 0 Å². The van der Waals surface area contributed by atoms with Crippen LogP contribution in [0.1, 0.15) is 36.0 Å². The molecule has 1 amide bonds. The molecule has 2 atom stereocenters. The Hall–Kier alpha value is -1.87. The molecule has 0 aromatic heterocycles. The van der Waals surface area contributed by atoms with Crippen LogP contribution in [0, 0.1) is 0 Å². The van der Waals surface area contributed by atoms with Gasteiger partial charge in [-0.2, -0.15) is 0 Å². The van der Waals surface area contributed by atoms with Crippen LogP contribution in [0.4, 0.5) is 0 Å². The number of hydrogen-bond donors (Lipinski definition) is 2. The lowest BCUT2D eigenvalue weighted by Gasteiger charge is -2.26. The minimum atomic E-state index is -0.276. The van der Waals surface area contributed by atoms with Crippen molar-refractivity contribution in [1.82, 2.24) is 5.32 Å². The quantitative estimate of drug-likeness (QED) is 0.880. The number of aliphatic hydroxyl groups is 1. The number of hydrogen-bond acceptors (Lipinski definition) is 2. The Kier molecular flexibility index (Phi) is 3.70. The second-order valence-corrected chi connectivity index (χ2v) is 5.52. The van der Waals surface area contributed by atoms with Crippen LogP contribution in [-0.4, -0.2) is 23.2 Å². The molecule has 0 unspecified atom stereocenters. The number of carbonyl (C=O) groups excluding carboxylic acids is 1. The summed E-state index contributed by atoms with van der Waals surface area (Å²) >= 11 is 0. The van der Waals surface area contributed by atoms with E-state index < -0.39 is 0 Å². The predicted octanol–water partition coefficient (Wildman–Crippen LogP) is 2.87. The van der Waals surface area contributed by atoms with Gasteiger partial charge in [-0.1, -0.05) is 36.4 Å². The highest BCUT2D eigenvalue weighted by atomic mass is 16.3. The summed E-state index contributed by atoms with van der Waals surface area (Å²) < 4.78 is 0. The second kappa shape index (κ2) is 5.63. The number of aliphatic hydroxyl groups excluding tert-OH is 1. The Morgan fingerprint density at radius 2 is 1.90 bits per heavy atom. The highest BCUT2D eigenvalue weighted by Crippen LogP contribution is 2.21. The highest BCUT2D eigenvalue weighted by molar-refractivity contribution is 6.07. The van der Waals surface area contributed by atoms with E-state index in [1.54, 1.807) is 0 Å². The third-order valence-corrected chi connectivity index (χ3v) is 4.02. The van der Waals surface area contributed by atoms with Gasteiger partial charge in [0, 0.05) is 11.6 Å². The topological polar surface area (TPSA) is 49.3 Å². The first-order valence-corrected chi connectivity index (χ1v) is 7.21. The Morgan fingerprint density at radius 1 is 1.10 bits per heavy atom. The van der Waals surface area contributed by atoms with Gasteiger partial charge in [0.15, 0.2) is 0 Å². The Labute approximate surface area is 118 Å². The van der Waals surface area contributed by atoms with Crippen LogP contribution in [0.2, 0.25) is 0 Å². The van der Waals surface area contributed by atoms with Gasteiger partial charge in [-0.15, -0.1) is 0 Å². The van der Waals surface area contributed by atoms with Crippen LogP contribution in [0.5, 0.6) is 0 Å². The van der Waals surface area contributed by atoms with Gasteiger partial charge >= 0.3 is 0 Å². The summed E-state index contributed by atoms with van der Waals surface area (Å²) in [6.45, 7) is 0. The van der Waals surface area contributed by atoms with Gasteiger partial charge in [0.1, 0.15) is 0 Å². The van der Waals surface area contributed by atoms with Crippen LogP contribution in [0.25, 0.3) is 10.8 Å². The molecular formula is C17H19NO2. The fraction of sp³-hybridized carbons (Fsp3) is 0.353. The molecule has 1 aliphatic rings. The first-order chi connectivity index (χ1) is 9.74. The molecule has 0 saturated heterocycles. The van der Waals surface area contributed by atoms with E-state index >= 15 is 0 Å². The zero-order chi connectivity index (χ0) is 13.9. The van der Waals surface area contributed by atoms with E-state index in [1.807, 2.05) is 42.5 Å². The molecule has 1 saturated carbocycles. The molecule has 1 aliphatic carbocycles. The molecule has 2 N–H and O–H groups in total. The van der Waals surface area contributed by atoms with Gasteiger partial charge in [0.2, 0.25) is 0 Å². The monoisotopic (exact) mass is 269 g/mol. The largest absolute Gasteiger partial charge is 0.393 e. The number of fused-ring (bicyclic) bond motifs is 1. The number of nitrogens with one attached hydrogen (secondary N) is 1. The summed E-state index contributed by atoms with van der Waals surface area (Å²) in [6, 6.07) is 13.8. The number of benzene rings is 2. The van der Waals surface area contributed by atoms with Crippen LogP contribution in [-0.2, 0) is 0 Å². The molecule has 3 rings (SSSR count). The Bertz CT molecular complexity index is 618. The van der Waals surface area contributed by atoms with Gasteiger partial charge in [0.05, 0.1) is 6.10 Å². The molecule has 104 valence electrons. The van der Waals surface area contributed by atoms with Crippen molar-refractivity contribution in [1.29, 1.82) is 0 Å². The molecule has 0 bridgehead atoms. The lowest BCUT2D eigenvalue weighted by Crippen LogP contribution is -2.39. The van der Waals surface area contributed by atoms with E-state index in [9.17, 15) is 9.90 Å². The van der Waals surface area contributed by atoms with Gasteiger partial charge in [-0.3, -0.25) is 4.79 Å². The number of rotatable bonds is 2. The maximum atomic E-state index is 12.4. The fourth-order valence-electron chi connectivity index (χ4n) is 2.98. The number of amides is 1. The van der Waals surface area contributed by atoms with Crippen molar-refractivity contribution in [2.24, 2.45) is 0 Å². The summed E-state index contributed by atoms with van der Waals surface area (Å²) in [5, 5.41) is 14.8. The number of carbonyl (C=O) groups is 1. The van der Waals surface area contributed by atoms with Crippen LogP contribution < -0.4 is 5.32 Å². The maximum absolute atomic E-state index is 12.4. The van der Waals surface area contributed by atoms with E-state index in [1.165, 1.54) is 0 Å². The zero-order valence-corrected chi connectivity index (χ0v) is 11.4. The SMILES string of the molecule is O=C(N[C@@H]1CCC[C@@H](O)C1)c1cccc2ccccc12. The Balaban J connectivity index is 1.82.